The molecule has 1 aromatic carbocycles. The number of nitrogen functional groups attached to an aromatic ring is 1. The molecule has 94 valence electrons. The Hall–Kier alpha value is -1.60. The topological polar surface area (TPSA) is 98.5 Å². The quantitative estimate of drug-likeness (QED) is 0.577. The number of rotatable bonds is 5. The molecule has 0 radical (unpaired) electrons. The van der Waals surface area contributed by atoms with Gasteiger partial charge in [0.25, 0.3) is 0 Å². The summed E-state index contributed by atoms with van der Waals surface area (Å²) < 4.78 is 30.3. The SMILES string of the molecule is CCOC(=O)CNS(=O)(=O)c1ccccc1N. The third-order valence-corrected chi connectivity index (χ3v) is 3.40. The molecule has 0 saturated heterocycles. The molecular weight excluding hydrogens is 244 g/mol. The Labute approximate surface area is 99.8 Å². The van der Waals surface area contributed by atoms with Crippen LogP contribution in [0.15, 0.2) is 29.2 Å². The van der Waals surface area contributed by atoms with Crippen molar-refractivity contribution in [2.24, 2.45) is 0 Å². The summed E-state index contributed by atoms with van der Waals surface area (Å²) in [5.41, 5.74) is 5.66. The second kappa shape index (κ2) is 5.65. The lowest BCUT2D eigenvalue weighted by Crippen LogP contribution is -2.31. The Bertz CT molecular complexity index is 499. The van der Waals surface area contributed by atoms with Crippen LogP contribution in [-0.2, 0) is 19.6 Å². The number of sulfonamides is 1. The lowest BCUT2D eigenvalue weighted by atomic mass is 10.3. The average molecular weight is 258 g/mol. The van der Waals surface area contributed by atoms with Crippen molar-refractivity contribution < 1.29 is 17.9 Å². The fourth-order valence-electron chi connectivity index (χ4n) is 1.17. The third kappa shape index (κ3) is 3.72. The molecule has 3 N–H and O–H groups in total. The van der Waals surface area contributed by atoms with E-state index in [0.717, 1.165) is 0 Å². The highest BCUT2D eigenvalue weighted by Gasteiger charge is 2.18. The van der Waals surface area contributed by atoms with Gasteiger partial charge in [-0.1, -0.05) is 12.1 Å². The first-order valence-electron chi connectivity index (χ1n) is 4.97. The number of anilines is 1. The number of para-hydroxylation sites is 1. The van der Waals surface area contributed by atoms with E-state index in [1.807, 2.05) is 0 Å². The summed E-state index contributed by atoms with van der Waals surface area (Å²) in [6.07, 6.45) is 0. The summed E-state index contributed by atoms with van der Waals surface area (Å²) in [5.74, 6) is -0.634. The fourth-order valence-corrected chi connectivity index (χ4v) is 2.27. The van der Waals surface area contributed by atoms with E-state index >= 15 is 0 Å². The smallest absolute Gasteiger partial charge is 0.321 e. The number of ether oxygens (including phenoxy) is 1. The van der Waals surface area contributed by atoms with Crippen molar-refractivity contribution in [3.05, 3.63) is 24.3 Å². The zero-order valence-electron chi connectivity index (χ0n) is 9.34. The molecule has 1 aromatic rings. The molecular formula is C10H14N2O4S. The number of benzene rings is 1. The van der Waals surface area contributed by atoms with Gasteiger partial charge in [-0.25, -0.2) is 8.42 Å². The minimum atomic E-state index is -3.78. The number of carbonyl (C=O) groups is 1. The van der Waals surface area contributed by atoms with Crippen molar-refractivity contribution in [2.45, 2.75) is 11.8 Å². The van der Waals surface area contributed by atoms with Crippen LogP contribution in [0.2, 0.25) is 0 Å². The van der Waals surface area contributed by atoms with Crippen LogP contribution in [0.5, 0.6) is 0 Å². The van der Waals surface area contributed by atoms with E-state index in [-0.39, 0.29) is 17.2 Å². The Morgan fingerprint density at radius 1 is 1.41 bits per heavy atom. The maximum absolute atomic E-state index is 11.8. The van der Waals surface area contributed by atoms with E-state index < -0.39 is 22.5 Å². The number of esters is 1. The Morgan fingerprint density at radius 3 is 2.65 bits per heavy atom. The first kappa shape index (κ1) is 13.5. The predicted octanol–water partition coefficient (Wildman–Crippen LogP) is 0.110. The molecule has 0 aliphatic rings. The van der Waals surface area contributed by atoms with Gasteiger partial charge in [-0.15, -0.1) is 0 Å². The van der Waals surface area contributed by atoms with Gasteiger partial charge in [0.2, 0.25) is 10.0 Å². The molecule has 7 heteroatoms. The standard InChI is InChI=1S/C10H14N2O4S/c1-2-16-10(13)7-12-17(14,15)9-6-4-3-5-8(9)11/h3-6,12H,2,7,11H2,1H3. The Balaban J connectivity index is 2.77. The number of nitrogens with one attached hydrogen (secondary N) is 1. The maximum Gasteiger partial charge on any atom is 0.321 e. The van der Waals surface area contributed by atoms with Gasteiger partial charge in [-0.3, -0.25) is 4.79 Å². The first-order valence-corrected chi connectivity index (χ1v) is 6.45. The normalized spacial score (nSPS) is 11.1. The molecule has 0 spiro atoms. The molecule has 6 nitrogen and oxygen atoms in total. The second-order valence-electron chi connectivity index (χ2n) is 3.17. The van der Waals surface area contributed by atoms with Gasteiger partial charge in [0.05, 0.1) is 12.3 Å². The van der Waals surface area contributed by atoms with Crippen molar-refractivity contribution >= 4 is 21.7 Å². The zero-order valence-corrected chi connectivity index (χ0v) is 10.2. The van der Waals surface area contributed by atoms with Crippen LogP contribution in [-0.4, -0.2) is 27.5 Å². The summed E-state index contributed by atoms with van der Waals surface area (Å²) in [6, 6.07) is 6.01. The van der Waals surface area contributed by atoms with Crippen LogP contribution in [0, 0.1) is 0 Å². The van der Waals surface area contributed by atoms with Crippen LogP contribution >= 0.6 is 0 Å². The van der Waals surface area contributed by atoms with Gasteiger partial charge in [0.1, 0.15) is 11.4 Å². The minimum Gasteiger partial charge on any atom is -0.465 e. The molecule has 0 bridgehead atoms. The van der Waals surface area contributed by atoms with E-state index in [2.05, 4.69) is 9.46 Å². The molecule has 1 rings (SSSR count). The van der Waals surface area contributed by atoms with Crippen LogP contribution in [0.4, 0.5) is 5.69 Å². The van der Waals surface area contributed by atoms with E-state index in [4.69, 9.17) is 5.73 Å². The summed E-state index contributed by atoms with van der Waals surface area (Å²) in [6.45, 7) is 1.43. The minimum absolute atomic E-state index is 0.0516. The summed E-state index contributed by atoms with van der Waals surface area (Å²) in [5, 5.41) is 0. The number of carbonyl (C=O) groups excluding carboxylic acids is 1. The maximum atomic E-state index is 11.8. The highest BCUT2D eigenvalue weighted by atomic mass is 32.2. The van der Waals surface area contributed by atoms with Crippen LogP contribution in [0.1, 0.15) is 6.92 Å². The highest BCUT2D eigenvalue weighted by molar-refractivity contribution is 7.89. The molecule has 0 atom stereocenters. The van der Waals surface area contributed by atoms with Crippen molar-refractivity contribution in [2.75, 3.05) is 18.9 Å². The van der Waals surface area contributed by atoms with Gasteiger partial charge in [-0.2, -0.15) is 4.72 Å². The lowest BCUT2D eigenvalue weighted by molar-refractivity contribution is -0.141. The number of nitrogens with two attached hydrogens (primary N) is 1. The average Bonchev–Trinajstić information content (AvgIpc) is 2.27. The largest absolute Gasteiger partial charge is 0.465 e. The van der Waals surface area contributed by atoms with Gasteiger partial charge in [-0.05, 0) is 19.1 Å². The predicted molar refractivity (Wildman–Crippen MR) is 62.7 cm³/mol. The molecule has 0 fully saturated rings. The lowest BCUT2D eigenvalue weighted by Gasteiger charge is -2.08. The van der Waals surface area contributed by atoms with Crippen molar-refractivity contribution in [1.82, 2.24) is 4.72 Å². The monoisotopic (exact) mass is 258 g/mol. The molecule has 0 aromatic heterocycles. The summed E-state index contributed by atoms with van der Waals surface area (Å²) in [4.78, 5) is 11.0. The van der Waals surface area contributed by atoms with Crippen LogP contribution in [0.3, 0.4) is 0 Å². The molecule has 0 amide bonds. The van der Waals surface area contributed by atoms with Gasteiger partial charge < -0.3 is 10.5 Å². The Morgan fingerprint density at radius 2 is 2.06 bits per heavy atom. The van der Waals surface area contributed by atoms with Gasteiger partial charge in [0, 0.05) is 0 Å². The van der Waals surface area contributed by atoms with Crippen molar-refractivity contribution in [3.63, 3.8) is 0 Å². The molecule has 0 saturated carbocycles. The third-order valence-electron chi connectivity index (χ3n) is 1.92. The van der Waals surface area contributed by atoms with Crippen LogP contribution < -0.4 is 10.5 Å². The fraction of sp³-hybridized carbons (Fsp3) is 0.300. The van der Waals surface area contributed by atoms with Crippen molar-refractivity contribution in [1.29, 1.82) is 0 Å². The van der Waals surface area contributed by atoms with E-state index in [1.165, 1.54) is 12.1 Å². The summed E-state index contributed by atoms with van der Waals surface area (Å²) in [7, 11) is -3.78. The molecule has 0 heterocycles. The van der Waals surface area contributed by atoms with Crippen LogP contribution in [0.25, 0.3) is 0 Å². The van der Waals surface area contributed by atoms with E-state index in [9.17, 15) is 13.2 Å². The van der Waals surface area contributed by atoms with Gasteiger partial charge in [0.15, 0.2) is 0 Å². The van der Waals surface area contributed by atoms with E-state index in [1.54, 1.807) is 19.1 Å². The second-order valence-corrected chi connectivity index (χ2v) is 4.90. The number of hydrogen-bond acceptors (Lipinski definition) is 5. The molecule has 0 aliphatic heterocycles. The molecule has 0 unspecified atom stereocenters. The molecule has 0 aliphatic carbocycles. The van der Waals surface area contributed by atoms with E-state index in [0.29, 0.717) is 0 Å². The highest BCUT2D eigenvalue weighted by Crippen LogP contribution is 2.16. The molecule has 17 heavy (non-hydrogen) atoms. The Kier molecular flexibility index (Phi) is 4.47. The van der Waals surface area contributed by atoms with Gasteiger partial charge >= 0.3 is 5.97 Å². The summed E-state index contributed by atoms with van der Waals surface area (Å²) >= 11 is 0. The van der Waals surface area contributed by atoms with Crippen molar-refractivity contribution in [3.8, 4) is 0 Å². The zero-order chi connectivity index (χ0) is 12.9. The first-order chi connectivity index (χ1) is 7.97. The number of hydrogen-bond donors (Lipinski definition) is 2.